The zero-order valence-corrected chi connectivity index (χ0v) is 15.6. The second-order valence-electron chi connectivity index (χ2n) is 7.35. The summed E-state index contributed by atoms with van der Waals surface area (Å²) in [6.07, 6.45) is 5.70. The summed E-state index contributed by atoms with van der Waals surface area (Å²) >= 11 is 0. The van der Waals surface area contributed by atoms with Crippen LogP contribution in [0.5, 0.6) is 0 Å². The number of amides is 2. The van der Waals surface area contributed by atoms with Crippen LogP contribution in [0.2, 0.25) is 0 Å². The van der Waals surface area contributed by atoms with Crippen molar-refractivity contribution in [1.82, 2.24) is 24.5 Å². The molecule has 0 spiro atoms. The van der Waals surface area contributed by atoms with E-state index in [-0.39, 0.29) is 30.3 Å². The zero-order valence-electron chi connectivity index (χ0n) is 15.6. The predicted molar refractivity (Wildman–Crippen MR) is 95.2 cm³/mol. The molecule has 2 amide bonds. The number of rotatable bonds is 4. The number of hydrogen-bond donors (Lipinski definition) is 1. The number of likely N-dealkylation sites (tertiary alicyclic amines) is 1. The van der Waals surface area contributed by atoms with Gasteiger partial charge in [-0.25, -0.2) is 0 Å². The highest BCUT2D eigenvalue weighted by molar-refractivity contribution is 5.98. The van der Waals surface area contributed by atoms with Gasteiger partial charge in [-0.15, -0.1) is 0 Å². The van der Waals surface area contributed by atoms with Crippen molar-refractivity contribution in [2.45, 2.75) is 45.2 Å². The molecule has 8 nitrogen and oxygen atoms in total. The Kier molecular flexibility index (Phi) is 3.86. The second kappa shape index (κ2) is 5.96. The second-order valence-corrected chi connectivity index (χ2v) is 7.35. The van der Waals surface area contributed by atoms with E-state index in [0.717, 1.165) is 29.8 Å². The highest BCUT2D eigenvalue weighted by Crippen LogP contribution is 2.46. The van der Waals surface area contributed by atoms with Gasteiger partial charge < -0.3 is 10.2 Å². The maximum atomic E-state index is 13.1. The maximum Gasteiger partial charge on any atom is 0.230 e. The quantitative estimate of drug-likeness (QED) is 0.899. The van der Waals surface area contributed by atoms with Crippen LogP contribution < -0.4 is 5.32 Å². The first-order valence-corrected chi connectivity index (χ1v) is 8.97. The lowest BCUT2D eigenvalue weighted by atomic mass is 9.93. The first-order chi connectivity index (χ1) is 12.4. The molecule has 1 N–H and O–H groups in total. The van der Waals surface area contributed by atoms with E-state index in [4.69, 9.17) is 0 Å². The topological polar surface area (TPSA) is 85.1 Å². The molecule has 4 rings (SSSR count). The Hall–Kier alpha value is -2.64. The molecule has 8 heteroatoms. The molecule has 1 aliphatic carbocycles. The van der Waals surface area contributed by atoms with Crippen molar-refractivity contribution in [3.05, 3.63) is 29.3 Å². The van der Waals surface area contributed by atoms with E-state index in [9.17, 15) is 9.59 Å². The van der Waals surface area contributed by atoms with Crippen LogP contribution in [-0.4, -0.2) is 42.3 Å². The standard InChI is InChI=1S/C18H24N6O2/c1-10-14(8-19-22(10)3)17-13(7-16(25)24(17)12-5-6-12)18(26)21-15-9-20-23(4)11(15)2/h8-9,12-13,17H,5-7H2,1-4H3,(H,21,26)/t13-,17-/m0/s1. The van der Waals surface area contributed by atoms with Gasteiger partial charge in [-0.3, -0.25) is 19.0 Å². The fraction of sp³-hybridized carbons (Fsp3) is 0.556. The Morgan fingerprint density at radius 1 is 1.12 bits per heavy atom. The fourth-order valence-electron chi connectivity index (χ4n) is 3.79. The van der Waals surface area contributed by atoms with E-state index in [1.54, 1.807) is 21.8 Å². The molecule has 0 aromatic carbocycles. The Bertz CT molecular complexity index is 878. The fourth-order valence-corrected chi connectivity index (χ4v) is 3.79. The highest BCUT2D eigenvalue weighted by atomic mass is 16.2. The minimum Gasteiger partial charge on any atom is -0.332 e. The van der Waals surface area contributed by atoms with E-state index in [1.165, 1.54) is 0 Å². The van der Waals surface area contributed by atoms with Crippen molar-refractivity contribution in [1.29, 1.82) is 0 Å². The Labute approximate surface area is 152 Å². The molecule has 1 saturated heterocycles. The number of aromatic nitrogens is 4. The number of aryl methyl sites for hydroxylation is 2. The summed E-state index contributed by atoms with van der Waals surface area (Å²) in [5.74, 6) is -0.500. The maximum absolute atomic E-state index is 13.1. The van der Waals surface area contributed by atoms with Crippen LogP contribution >= 0.6 is 0 Å². The molecule has 26 heavy (non-hydrogen) atoms. The molecule has 138 valence electrons. The van der Waals surface area contributed by atoms with E-state index in [1.807, 2.05) is 32.8 Å². The largest absolute Gasteiger partial charge is 0.332 e. The summed E-state index contributed by atoms with van der Waals surface area (Å²) in [6.45, 7) is 3.89. The molecule has 0 radical (unpaired) electrons. The normalized spacial score (nSPS) is 22.9. The molecule has 2 atom stereocenters. The number of carbonyl (C=O) groups is 2. The summed E-state index contributed by atoms with van der Waals surface area (Å²) in [5, 5.41) is 11.5. The smallest absolute Gasteiger partial charge is 0.230 e. The van der Waals surface area contributed by atoms with Crippen LogP contribution in [-0.2, 0) is 23.7 Å². The minimum atomic E-state index is -0.425. The number of hydrogen-bond acceptors (Lipinski definition) is 4. The van der Waals surface area contributed by atoms with Crippen LogP contribution in [0.4, 0.5) is 5.69 Å². The van der Waals surface area contributed by atoms with Crippen molar-refractivity contribution < 1.29 is 9.59 Å². The van der Waals surface area contributed by atoms with Gasteiger partial charge in [-0.05, 0) is 26.7 Å². The molecule has 2 fully saturated rings. The van der Waals surface area contributed by atoms with Crippen molar-refractivity contribution in [3.63, 3.8) is 0 Å². The van der Waals surface area contributed by atoms with Gasteiger partial charge in [0.1, 0.15) is 0 Å². The van der Waals surface area contributed by atoms with Gasteiger partial charge in [0.25, 0.3) is 0 Å². The summed E-state index contributed by atoms with van der Waals surface area (Å²) in [7, 11) is 3.71. The number of anilines is 1. The third-order valence-corrected chi connectivity index (χ3v) is 5.73. The van der Waals surface area contributed by atoms with Crippen LogP contribution in [0.1, 0.15) is 42.3 Å². The van der Waals surface area contributed by atoms with Crippen molar-refractivity contribution in [2.75, 3.05) is 5.32 Å². The summed E-state index contributed by atoms with van der Waals surface area (Å²) in [5.41, 5.74) is 3.53. The molecule has 1 aliphatic heterocycles. The Balaban J connectivity index is 1.66. The molecule has 0 unspecified atom stereocenters. The van der Waals surface area contributed by atoms with Crippen LogP contribution in [0.15, 0.2) is 12.4 Å². The summed E-state index contributed by atoms with van der Waals surface area (Å²) < 4.78 is 3.51. The number of carbonyl (C=O) groups excluding carboxylic acids is 2. The molecule has 2 aromatic heterocycles. The van der Waals surface area contributed by atoms with Crippen molar-refractivity contribution in [3.8, 4) is 0 Å². The minimum absolute atomic E-state index is 0.0591. The van der Waals surface area contributed by atoms with E-state index >= 15 is 0 Å². The number of nitrogens with one attached hydrogen (secondary N) is 1. The molecular weight excluding hydrogens is 332 g/mol. The van der Waals surface area contributed by atoms with Crippen molar-refractivity contribution >= 4 is 17.5 Å². The predicted octanol–water partition coefficient (Wildman–Crippen LogP) is 1.46. The third kappa shape index (κ3) is 2.60. The van der Waals surface area contributed by atoms with E-state index in [0.29, 0.717) is 5.69 Å². The van der Waals surface area contributed by atoms with Gasteiger partial charge in [0, 0.05) is 37.8 Å². The van der Waals surface area contributed by atoms with E-state index < -0.39 is 5.92 Å². The first kappa shape index (κ1) is 16.8. The highest BCUT2D eigenvalue weighted by Gasteiger charge is 2.50. The molecule has 2 aromatic rings. The third-order valence-electron chi connectivity index (χ3n) is 5.73. The summed E-state index contributed by atoms with van der Waals surface area (Å²) in [6, 6.07) is 0.00529. The molecule has 2 aliphatic rings. The van der Waals surface area contributed by atoms with Gasteiger partial charge in [-0.1, -0.05) is 0 Å². The SMILES string of the molecule is Cc1c(NC(=O)[C@H]2CC(=O)N(C3CC3)[C@@H]2c2cnn(C)c2C)cnn1C. The first-order valence-electron chi connectivity index (χ1n) is 8.97. The van der Waals surface area contributed by atoms with Gasteiger partial charge in [0.2, 0.25) is 11.8 Å². The lowest BCUT2D eigenvalue weighted by molar-refractivity contribution is -0.129. The monoisotopic (exact) mass is 356 g/mol. The molecule has 3 heterocycles. The zero-order chi connectivity index (χ0) is 18.6. The average Bonchev–Trinajstić information content (AvgIpc) is 3.23. The Morgan fingerprint density at radius 2 is 1.77 bits per heavy atom. The Morgan fingerprint density at radius 3 is 2.31 bits per heavy atom. The number of nitrogens with zero attached hydrogens (tertiary/aromatic N) is 5. The molecule has 0 bridgehead atoms. The van der Waals surface area contributed by atoms with Crippen LogP contribution in [0.25, 0.3) is 0 Å². The van der Waals surface area contributed by atoms with Crippen LogP contribution in [0, 0.1) is 19.8 Å². The van der Waals surface area contributed by atoms with Crippen molar-refractivity contribution in [2.24, 2.45) is 20.0 Å². The average molecular weight is 356 g/mol. The molecule has 1 saturated carbocycles. The van der Waals surface area contributed by atoms with E-state index in [2.05, 4.69) is 15.5 Å². The van der Waals surface area contributed by atoms with Gasteiger partial charge in [0.15, 0.2) is 0 Å². The lowest BCUT2D eigenvalue weighted by Crippen LogP contribution is -2.34. The van der Waals surface area contributed by atoms with Gasteiger partial charge in [-0.2, -0.15) is 10.2 Å². The van der Waals surface area contributed by atoms with Crippen LogP contribution in [0.3, 0.4) is 0 Å². The van der Waals surface area contributed by atoms with Gasteiger partial charge >= 0.3 is 0 Å². The summed E-state index contributed by atoms with van der Waals surface area (Å²) in [4.78, 5) is 27.7. The van der Waals surface area contributed by atoms with Gasteiger partial charge in [0.05, 0.1) is 35.7 Å². The molecular formula is C18H24N6O2. The lowest BCUT2D eigenvalue weighted by Gasteiger charge is -2.28.